The van der Waals surface area contributed by atoms with E-state index in [0.717, 1.165) is 17.7 Å². The molecule has 33 heavy (non-hydrogen) atoms. The lowest BCUT2D eigenvalue weighted by Gasteiger charge is -2.23. The number of anilines is 3. The topological polar surface area (TPSA) is 73.5 Å². The molecular formula is C26H29FN4O2. The molecule has 3 N–H and O–H groups in total. The highest BCUT2D eigenvalue weighted by Crippen LogP contribution is 2.18. The summed E-state index contributed by atoms with van der Waals surface area (Å²) in [4.78, 5) is 26.7. The lowest BCUT2D eigenvalue weighted by molar-refractivity contribution is 0.252. The van der Waals surface area contributed by atoms with E-state index in [2.05, 4.69) is 22.9 Å². The molecule has 172 valence electrons. The van der Waals surface area contributed by atoms with Crippen LogP contribution in [0.25, 0.3) is 0 Å². The Morgan fingerprint density at radius 3 is 2.30 bits per heavy atom. The maximum absolute atomic E-state index is 13.4. The lowest BCUT2D eigenvalue weighted by atomic mass is 10.1. The maximum Gasteiger partial charge on any atom is 0.326 e. The quantitative estimate of drug-likeness (QED) is 0.373. The van der Waals surface area contributed by atoms with Gasteiger partial charge in [0.2, 0.25) is 0 Å². The summed E-state index contributed by atoms with van der Waals surface area (Å²) in [6, 6.07) is 20.3. The molecule has 0 bridgehead atoms. The largest absolute Gasteiger partial charge is 0.338 e. The predicted molar refractivity (Wildman–Crippen MR) is 131 cm³/mol. The van der Waals surface area contributed by atoms with Gasteiger partial charge in [0.1, 0.15) is 5.82 Å². The molecule has 0 aliphatic carbocycles. The zero-order chi connectivity index (χ0) is 23.6. The molecule has 0 aliphatic rings. The van der Waals surface area contributed by atoms with Crippen molar-refractivity contribution in [3.63, 3.8) is 0 Å². The Labute approximate surface area is 193 Å². The van der Waals surface area contributed by atoms with E-state index in [0.29, 0.717) is 30.9 Å². The minimum atomic E-state index is -0.372. The zero-order valence-corrected chi connectivity index (χ0v) is 18.9. The van der Waals surface area contributed by atoms with Crippen molar-refractivity contribution in [1.29, 1.82) is 0 Å². The third kappa shape index (κ3) is 7.35. The maximum atomic E-state index is 13.4. The van der Waals surface area contributed by atoms with Gasteiger partial charge in [-0.05, 0) is 79.4 Å². The van der Waals surface area contributed by atoms with E-state index >= 15 is 0 Å². The van der Waals surface area contributed by atoms with Gasteiger partial charge in [-0.3, -0.25) is 4.90 Å². The van der Waals surface area contributed by atoms with Crippen LogP contribution in [0.4, 0.5) is 31.0 Å². The molecule has 0 heterocycles. The van der Waals surface area contributed by atoms with Crippen molar-refractivity contribution in [2.75, 3.05) is 28.6 Å². The number of rotatable bonds is 8. The van der Waals surface area contributed by atoms with Gasteiger partial charge in [-0.25, -0.2) is 14.0 Å². The van der Waals surface area contributed by atoms with Crippen LogP contribution in [-0.4, -0.2) is 25.2 Å². The number of nitrogens with zero attached hydrogens (tertiary/aromatic N) is 1. The summed E-state index contributed by atoms with van der Waals surface area (Å²) >= 11 is 0. The van der Waals surface area contributed by atoms with Crippen LogP contribution < -0.4 is 20.9 Å². The molecule has 3 aromatic carbocycles. The van der Waals surface area contributed by atoms with Crippen LogP contribution in [-0.2, 0) is 6.42 Å². The van der Waals surface area contributed by atoms with E-state index < -0.39 is 0 Å². The van der Waals surface area contributed by atoms with E-state index in [9.17, 15) is 14.0 Å². The minimum absolute atomic E-state index is 0.309. The first-order valence-electron chi connectivity index (χ1n) is 11.0. The molecule has 0 fully saturated rings. The average molecular weight is 449 g/mol. The van der Waals surface area contributed by atoms with Crippen LogP contribution in [0.2, 0.25) is 0 Å². The van der Waals surface area contributed by atoms with Crippen molar-refractivity contribution < 1.29 is 14.0 Å². The van der Waals surface area contributed by atoms with Crippen molar-refractivity contribution in [2.24, 2.45) is 0 Å². The molecule has 0 spiro atoms. The van der Waals surface area contributed by atoms with Crippen molar-refractivity contribution in [1.82, 2.24) is 5.32 Å². The van der Waals surface area contributed by atoms with Crippen LogP contribution in [0.5, 0.6) is 0 Å². The van der Waals surface area contributed by atoms with Crippen LogP contribution in [0.1, 0.15) is 24.5 Å². The number of urea groups is 2. The molecule has 0 radical (unpaired) electrons. The van der Waals surface area contributed by atoms with Crippen molar-refractivity contribution >= 4 is 29.1 Å². The summed E-state index contributed by atoms with van der Waals surface area (Å²) in [7, 11) is 0. The lowest BCUT2D eigenvalue weighted by Crippen LogP contribution is -2.38. The Kier molecular flexibility index (Phi) is 8.41. The zero-order valence-electron chi connectivity index (χ0n) is 18.9. The first kappa shape index (κ1) is 23.8. The van der Waals surface area contributed by atoms with Crippen LogP contribution in [0.3, 0.4) is 0 Å². The summed E-state index contributed by atoms with van der Waals surface area (Å²) in [6.07, 6.45) is 1.45. The first-order chi connectivity index (χ1) is 15.9. The number of halogens is 1. The van der Waals surface area contributed by atoms with E-state index in [4.69, 9.17) is 0 Å². The smallest absolute Gasteiger partial charge is 0.326 e. The summed E-state index contributed by atoms with van der Waals surface area (Å²) < 4.78 is 13.4. The Morgan fingerprint density at radius 1 is 0.909 bits per heavy atom. The van der Waals surface area contributed by atoms with E-state index in [-0.39, 0.29) is 17.9 Å². The molecule has 0 unspecified atom stereocenters. The molecule has 0 aromatic heterocycles. The molecule has 4 amide bonds. The van der Waals surface area contributed by atoms with E-state index in [1.54, 1.807) is 12.1 Å². The highest BCUT2D eigenvalue weighted by Gasteiger charge is 2.16. The Morgan fingerprint density at radius 2 is 1.64 bits per heavy atom. The number of aryl methyl sites for hydroxylation is 2. The second-order valence-corrected chi connectivity index (χ2v) is 7.71. The second kappa shape index (κ2) is 11.7. The molecule has 0 saturated carbocycles. The minimum Gasteiger partial charge on any atom is -0.338 e. The summed E-state index contributed by atoms with van der Waals surface area (Å²) in [5.41, 5.74) is 4.20. The normalized spacial score (nSPS) is 10.4. The molecule has 7 heteroatoms. The third-order valence-corrected chi connectivity index (χ3v) is 5.12. The number of hydrogen-bond donors (Lipinski definition) is 3. The fourth-order valence-corrected chi connectivity index (χ4v) is 3.32. The van der Waals surface area contributed by atoms with Crippen molar-refractivity contribution in [3.8, 4) is 0 Å². The van der Waals surface area contributed by atoms with Gasteiger partial charge in [-0.2, -0.15) is 0 Å². The van der Waals surface area contributed by atoms with Crippen LogP contribution >= 0.6 is 0 Å². The fourth-order valence-electron chi connectivity index (χ4n) is 3.32. The number of carbonyl (C=O) groups excluding carboxylic acids is 2. The van der Waals surface area contributed by atoms with Gasteiger partial charge in [-0.1, -0.05) is 31.2 Å². The highest BCUT2D eigenvalue weighted by molar-refractivity contribution is 6.01. The molecule has 0 aliphatic heterocycles. The fraction of sp³-hybridized carbons (Fsp3) is 0.231. The molecule has 3 aromatic rings. The summed E-state index contributed by atoms with van der Waals surface area (Å²) in [5, 5.41) is 8.48. The monoisotopic (exact) mass is 448 g/mol. The number of nitrogens with one attached hydrogen (secondary N) is 3. The number of benzene rings is 3. The van der Waals surface area contributed by atoms with Crippen LogP contribution in [0.15, 0.2) is 72.8 Å². The standard InChI is InChI=1S/C26H29FN4O2/c1-3-20-8-12-22(13-9-20)29-25(32)28-16-5-17-31(24-14-10-21(27)11-15-24)26(33)30-23-7-4-6-19(2)18-23/h4,6-15,18H,3,5,16-17H2,1-2H3,(H,30,33)(H2,28,29,32). The van der Waals surface area contributed by atoms with Gasteiger partial charge in [0.15, 0.2) is 0 Å². The summed E-state index contributed by atoms with van der Waals surface area (Å²) in [5.74, 6) is -0.372. The summed E-state index contributed by atoms with van der Waals surface area (Å²) in [6.45, 7) is 4.73. The van der Waals surface area contributed by atoms with Gasteiger partial charge in [0.25, 0.3) is 0 Å². The number of amides is 4. The van der Waals surface area contributed by atoms with Gasteiger partial charge in [0, 0.05) is 30.2 Å². The molecule has 6 nitrogen and oxygen atoms in total. The van der Waals surface area contributed by atoms with Crippen LogP contribution in [0, 0.1) is 12.7 Å². The number of carbonyl (C=O) groups is 2. The average Bonchev–Trinajstić information content (AvgIpc) is 2.80. The van der Waals surface area contributed by atoms with Gasteiger partial charge in [-0.15, -0.1) is 0 Å². The molecule has 0 atom stereocenters. The van der Waals surface area contributed by atoms with E-state index in [1.807, 2.05) is 55.5 Å². The molecular weight excluding hydrogens is 419 g/mol. The third-order valence-electron chi connectivity index (χ3n) is 5.12. The Hall–Kier alpha value is -3.87. The van der Waals surface area contributed by atoms with Gasteiger partial charge >= 0.3 is 12.1 Å². The Bertz CT molecular complexity index is 1070. The second-order valence-electron chi connectivity index (χ2n) is 7.71. The van der Waals surface area contributed by atoms with Crippen molar-refractivity contribution in [3.05, 3.63) is 89.7 Å². The predicted octanol–water partition coefficient (Wildman–Crippen LogP) is 5.95. The first-order valence-corrected chi connectivity index (χ1v) is 11.0. The highest BCUT2D eigenvalue weighted by atomic mass is 19.1. The van der Waals surface area contributed by atoms with Crippen molar-refractivity contribution in [2.45, 2.75) is 26.7 Å². The van der Waals surface area contributed by atoms with Gasteiger partial charge in [0.05, 0.1) is 0 Å². The van der Waals surface area contributed by atoms with E-state index in [1.165, 1.54) is 22.6 Å². The van der Waals surface area contributed by atoms with Gasteiger partial charge < -0.3 is 16.0 Å². The SMILES string of the molecule is CCc1ccc(NC(=O)NCCCN(C(=O)Nc2cccc(C)c2)c2ccc(F)cc2)cc1. The number of hydrogen-bond acceptors (Lipinski definition) is 2. The molecule has 3 rings (SSSR count). The molecule has 0 saturated heterocycles. The Balaban J connectivity index is 1.56.